The van der Waals surface area contributed by atoms with Crippen molar-refractivity contribution in [1.82, 2.24) is 9.97 Å². The van der Waals surface area contributed by atoms with Gasteiger partial charge in [0.25, 0.3) is 0 Å². The fourth-order valence-electron chi connectivity index (χ4n) is 3.46. The molecule has 0 radical (unpaired) electrons. The average molecular weight is 488 g/mol. The van der Waals surface area contributed by atoms with Crippen LogP contribution in [0, 0.1) is 0 Å². The van der Waals surface area contributed by atoms with Crippen molar-refractivity contribution in [3.8, 4) is 5.75 Å². The summed E-state index contributed by atoms with van der Waals surface area (Å²) in [6.45, 7) is 0. The van der Waals surface area contributed by atoms with Gasteiger partial charge in [-0.1, -0.05) is 29.8 Å². The lowest BCUT2D eigenvalue weighted by Gasteiger charge is -2.19. The number of H-pyrrole nitrogens is 1. The van der Waals surface area contributed by atoms with Crippen LogP contribution in [0.4, 0.5) is 24.8 Å². The number of aromatic amines is 1. The van der Waals surface area contributed by atoms with E-state index in [2.05, 4.69) is 21.4 Å². The van der Waals surface area contributed by atoms with E-state index in [1.165, 1.54) is 12.5 Å². The van der Waals surface area contributed by atoms with E-state index in [4.69, 9.17) is 25.8 Å². The van der Waals surface area contributed by atoms with Crippen LogP contribution in [-0.2, 0) is 15.7 Å². The van der Waals surface area contributed by atoms with Crippen LogP contribution in [0.5, 0.6) is 5.75 Å². The molecule has 6 nitrogen and oxygen atoms in total. The number of allylic oxidation sites excluding steroid dienone is 4. The van der Waals surface area contributed by atoms with Gasteiger partial charge in [0.15, 0.2) is 12.0 Å². The molecule has 0 spiro atoms. The Morgan fingerprint density at radius 3 is 2.68 bits per heavy atom. The maximum Gasteiger partial charge on any atom is 0.416 e. The predicted molar refractivity (Wildman–Crippen MR) is 121 cm³/mol. The molecule has 174 valence electrons. The van der Waals surface area contributed by atoms with Crippen LogP contribution in [0.1, 0.15) is 18.4 Å². The van der Waals surface area contributed by atoms with E-state index in [0.717, 1.165) is 30.5 Å². The number of fused-ring (bicyclic) bond motifs is 1. The van der Waals surface area contributed by atoms with Crippen molar-refractivity contribution < 1.29 is 27.4 Å². The molecule has 0 atom stereocenters. The minimum atomic E-state index is -4.50. The number of nitrogens with one attached hydrogen (secondary N) is 2. The van der Waals surface area contributed by atoms with Gasteiger partial charge in [0.05, 0.1) is 16.1 Å². The number of halogens is 4. The van der Waals surface area contributed by atoms with E-state index in [-0.39, 0.29) is 27.9 Å². The molecule has 0 amide bonds. The van der Waals surface area contributed by atoms with Crippen LogP contribution in [0.15, 0.2) is 84.4 Å². The largest absolute Gasteiger partial charge is 0.461 e. The number of nitrogens with zero attached hydrogens (tertiary/aromatic N) is 1. The lowest BCUT2D eigenvalue weighted by atomic mass is 10.0. The first-order chi connectivity index (χ1) is 16.3. The first-order valence-corrected chi connectivity index (χ1v) is 10.6. The van der Waals surface area contributed by atoms with Gasteiger partial charge in [-0.2, -0.15) is 13.2 Å². The third-order valence-electron chi connectivity index (χ3n) is 5.08. The Balaban J connectivity index is 1.25. The van der Waals surface area contributed by atoms with E-state index < -0.39 is 11.7 Å². The molecule has 1 aliphatic carbocycles. The SMILES string of the molecule is FC(F)(F)c1cc(Cl)c2nc(Nc3ccc(OC4=COC=C(C5=CC=CCC5)O4)cc3)[nH]c2c1. The van der Waals surface area contributed by atoms with E-state index in [1.807, 2.05) is 12.2 Å². The number of alkyl halides is 3. The topological polar surface area (TPSA) is 68.4 Å². The van der Waals surface area contributed by atoms with Crippen molar-refractivity contribution in [1.29, 1.82) is 0 Å². The summed E-state index contributed by atoms with van der Waals surface area (Å²) < 4.78 is 55.9. The highest BCUT2D eigenvalue weighted by molar-refractivity contribution is 6.35. The third-order valence-corrected chi connectivity index (χ3v) is 5.37. The fourth-order valence-corrected chi connectivity index (χ4v) is 3.72. The van der Waals surface area contributed by atoms with Gasteiger partial charge in [-0.3, -0.25) is 0 Å². The van der Waals surface area contributed by atoms with E-state index in [0.29, 0.717) is 17.2 Å². The molecule has 0 saturated heterocycles. The number of hydrogen-bond acceptors (Lipinski definition) is 5. The van der Waals surface area contributed by atoms with Crippen LogP contribution in [0.2, 0.25) is 5.02 Å². The molecule has 2 N–H and O–H groups in total. The number of aromatic nitrogens is 2. The van der Waals surface area contributed by atoms with Crippen molar-refractivity contribution >= 4 is 34.3 Å². The molecule has 1 aromatic heterocycles. The van der Waals surface area contributed by atoms with Crippen LogP contribution in [0.3, 0.4) is 0 Å². The second kappa shape index (κ2) is 8.83. The zero-order chi connectivity index (χ0) is 23.7. The van der Waals surface area contributed by atoms with Gasteiger partial charge in [0.1, 0.15) is 17.5 Å². The highest BCUT2D eigenvalue weighted by atomic mass is 35.5. The monoisotopic (exact) mass is 487 g/mol. The highest BCUT2D eigenvalue weighted by Crippen LogP contribution is 2.35. The lowest BCUT2D eigenvalue weighted by Crippen LogP contribution is -2.08. The van der Waals surface area contributed by atoms with E-state index in [9.17, 15) is 13.2 Å². The molecule has 2 aliphatic rings. The Morgan fingerprint density at radius 1 is 1.12 bits per heavy atom. The van der Waals surface area contributed by atoms with Gasteiger partial charge in [-0.05, 0) is 54.8 Å². The molecule has 2 heterocycles. The smallest absolute Gasteiger partial charge is 0.416 e. The fraction of sp³-hybridized carbons (Fsp3) is 0.125. The number of rotatable bonds is 5. The molecule has 10 heteroatoms. The predicted octanol–water partition coefficient (Wildman–Crippen LogP) is 7.32. The third kappa shape index (κ3) is 4.74. The highest BCUT2D eigenvalue weighted by Gasteiger charge is 2.31. The van der Waals surface area contributed by atoms with Gasteiger partial charge in [0.2, 0.25) is 5.95 Å². The number of anilines is 2. The summed E-state index contributed by atoms with van der Waals surface area (Å²) in [4.78, 5) is 7.05. The minimum absolute atomic E-state index is 0.0886. The molecular weight excluding hydrogens is 471 g/mol. The molecular formula is C24H17ClF3N3O3. The molecule has 5 rings (SSSR count). The molecule has 3 aromatic rings. The van der Waals surface area contributed by atoms with Gasteiger partial charge < -0.3 is 24.5 Å². The van der Waals surface area contributed by atoms with Crippen molar-refractivity contribution in [2.24, 2.45) is 0 Å². The lowest BCUT2D eigenvalue weighted by molar-refractivity contribution is -0.137. The van der Waals surface area contributed by atoms with Crippen molar-refractivity contribution in [3.05, 3.63) is 95.0 Å². The summed E-state index contributed by atoms with van der Waals surface area (Å²) in [6.07, 6.45) is 6.19. The van der Waals surface area contributed by atoms with Gasteiger partial charge in [-0.25, -0.2) is 4.98 Å². The molecule has 0 bridgehead atoms. The minimum Gasteiger partial charge on any atom is -0.461 e. The van der Waals surface area contributed by atoms with Crippen molar-refractivity contribution in [3.63, 3.8) is 0 Å². The first kappa shape index (κ1) is 22.0. The molecule has 34 heavy (non-hydrogen) atoms. The molecule has 0 unspecified atom stereocenters. The number of benzene rings is 2. The molecule has 2 aromatic carbocycles. The van der Waals surface area contributed by atoms with Crippen LogP contribution in [0.25, 0.3) is 11.0 Å². The number of ether oxygens (including phenoxy) is 3. The standard InChI is InChI=1S/C24H17ClF3N3O3/c25-18-10-15(24(26,27)28)11-19-22(18)31-23(30-19)29-16-6-8-17(9-7-16)33-21-13-32-12-20(34-21)14-4-2-1-3-5-14/h1-2,4,6-13H,3,5H2,(H2,29,30,31). The van der Waals surface area contributed by atoms with E-state index >= 15 is 0 Å². The zero-order valence-electron chi connectivity index (χ0n) is 17.4. The molecule has 0 saturated carbocycles. The van der Waals surface area contributed by atoms with Crippen LogP contribution < -0.4 is 10.1 Å². The van der Waals surface area contributed by atoms with E-state index in [1.54, 1.807) is 24.3 Å². The maximum atomic E-state index is 13.0. The van der Waals surface area contributed by atoms with Gasteiger partial charge >= 0.3 is 12.1 Å². The number of hydrogen-bond donors (Lipinski definition) is 2. The quantitative estimate of drug-likeness (QED) is 0.394. The summed E-state index contributed by atoms with van der Waals surface area (Å²) in [5, 5.41) is 2.92. The summed E-state index contributed by atoms with van der Waals surface area (Å²) in [6, 6.07) is 8.67. The zero-order valence-corrected chi connectivity index (χ0v) is 18.2. The normalized spacial score (nSPS) is 15.7. The van der Waals surface area contributed by atoms with Crippen molar-refractivity contribution in [2.45, 2.75) is 19.0 Å². The van der Waals surface area contributed by atoms with Gasteiger partial charge in [0, 0.05) is 5.69 Å². The summed E-state index contributed by atoms with van der Waals surface area (Å²) in [7, 11) is 0. The summed E-state index contributed by atoms with van der Waals surface area (Å²) in [5.41, 5.74) is 1.22. The summed E-state index contributed by atoms with van der Waals surface area (Å²) >= 11 is 5.99. The Bertz CT molecular complexity index is 1360. The Labute approximate surface area is 197 Å². The second-order valence-corrected chi connectivity index (χ2v) is 7.91. The van der Waals surface area contributed by atoms with Gasteiger partial charge in [-0.15, -0.1) is 0 Å². The molecule has 0 fully saturated rings. The van der Waals surface area contributed by atoms with Crippen LogP contribution in [-0.4, -0.2) is 9.97 Å². The Morgan fingerprint density at radius 2 is 1.94 bits per heavy atom. The second-order valence-electron chi connectivity index (χ2n) is 7.50. The first-order valence-electron chi connectivity index (χ1n) is 10.3. The summed E-state index contributed by atoms with van der Waals surface area (Å²) in [5.74, 6) is 1.54. The van der Waals surface area contributed by atoms with Crippen LogP contribution >= 0.6 is 11.6 Å². The average Bonchev–Trinajstić information content (AvgIpc) is 3.24. The number of imidazole rings is 1. The van der Waals surface area contributed by atoms with Crippen molar-refractivity contribution in [2.75, 3.05) is 5.32 Å². The Kier molecular flexibility index (Phi) is 5.70. The molecule has 1 aliphatic heterocycles. The maximum absolute atomic E-state index is 13.0. The Hall–Kier alpha value is -3.85.